The van der Waals surface area contributed by atoms with E-state index in [9.17, 15) is 19.5 Å². The number of esters is 2. The molecule has 3 fully saturated rings. The highest BCUT2D eigenvalue weighted by Crippen LogP contribution is 2.72. The van der Waals surface area contributed by atoms with Gasteiger partial charge >= 0.3 is 11.9 Å². The van der Waals surface area contributed by atoms with Crippen molar-refractivity contribution < 1.29 is 29.0 Å². The minimum absolute atomic E-state index is 0.0603. The van der Waals surface area contributed by atoms with Gasteiger partial charge in [-0.3, -0.25) is 4.79 Å². The molecule has 0 saturated heterocycles. The molecule has 4 aliphatic rings. The summed E-state index contributed by atoms with van der Waals surface area (Å²) in [6.07, 6.45) is 5.47. The molecule has 37 heavy (non-hydrogen) atoms. The van der Waals surface area contributed by atoms with Gasteiger partial charge in [-0.2, -0.15) is 0 Å². The number of ether oxygens (including phenoxy) is 2. The Bertz CT molecular complexity index is 1230. The van der Waals surface area contributed by atoms with E-state index >= 15 is 0 Å². The lowest BCUT2D eigenvalue weighted by Crippen LogP contribution is -2.70. The first-order valence-electron chi connectivity index (χ1n) is 13.0. The first kappa shape index (κ1) is 26.6. The van der Waals surface area contributed by atoms with Crippen LogP contribution < -0.4 is 0 Å². The van der Waals surface area contributed by atoms with E-state index < -0.39 is 39.3 Å². The van der Waals surface area contributed by atoms with E-state index in [0.29, 0.717) is 17.7 Å². The molecule has 2 unspecified atom stereocenters. The van der Waals surface area contributed by atoms with Gasteiger partial charge in [-0.1, -0.05) is 39.3 Å². The summed E-state index contributed by atoms with van der Waals surface area (Å²) < 4.78 is 11.6. The van der Waals surface area contributed by atoms with Crippen molar-refractivity contribution in [1.29, 1.82) is 0 Å². The number of halogens is 1. The van der Waals surface area contributed by atoms with E-state index in [2.05, 4.69) is 6.92 Å². The first-order valence-corrected chi connectivity index (χ1v) is 14.2. The molecule has 8 heteroatoms. The molecule has 1 aromatic rings. The van der Waals surface area contributed by atoms with Gasteiger partial charge in [0.05, 0.1) is 18.1 Å². The molecular weight excluding hydrogens is 512 g/mol. The number of methoxy groups -OCH3 is 1. The molecule has 0 aliphatic heterocycles. The Hall–Kier alpha value is -1.96. The fourth-order valence-electron chi connectivity index (χ4n) is 8.54. The van der Waals surface area contributed by atoms with Gasteiger partial charge in [-0.05, 0) is 73.1 Å². The Balaban J connectivity index is 1.64. The topological polar surface area (TPSA) is 89.9 Å². The predicted octanol–water partition coefficient (Wildman–Crippen LogP) is 5.26. The minimum atomic E-state index is -1.57. The number of aliphatic hydroxyl groups excluding tert-OH is 1. The van der Waals surface area contributed by atoms with Crippen LogP contribution >= 0.6 is 22.9 Å². The van der Waals surface area contributed by atoms with Crippen LogP contribution in [0.15, 0.2) is 35.2 Å². The fourth-order valence-corrected chi connectivity index (χ4v) is 9.83. The number of rotatable bonds is 3. The van der Waals surface area contributed by atoms with Crippen LogP contribution in [-0.4, -0.2) is 46.5 Å². The van der Waals surface area contributed by atoms with Crippen molar-refractivity contribution in [1.82, 2.24) is 0 Å². The van der Waals surface area contributed by atoms with Crippen LogP contribution in [0.3, 0.4) is 0 Å². The number of aryl methyl sites for hydroxylation is 1. The lowest BCUT2D eigenvalue weighted by atomic mass is 9.44. The van der Waals surface area contributed by atoms with Crippen molar-refractivity contribution in [2.75, 3.05) is 7.11 Å². The second kappa shape index (κ2) is 8.52. The van der Waals surface area contributed by atoms with Gasteiger partial charge in [-0.15, -0.1) is 22.9 Å². The van der Waals surface area contributed by atoms with Crippen LogP contribution in [0, 0.1) is 41.4 Å². The molecule has 3 saturated carbocycles. The van der Waals surface area contributed by atoms with E-state index in [0.717, 1.165) is 11.1 Å². The molecule has 0 spiro atoms. The van der Waals surface area contributed by atoms with Crippen LogP contribution in [0.2, 0.25) is 0 Å². The molecule has 1 N–H and O–H groups in total. The maximum absolute atomic E-state index is 13.7. The molecule has 0 amide bonds. The summed E-state index contributed by atoms with van der Waals surface area (Å²) in [4.78, 5) is 38.8. The van der Waals surface area contributed by atoms with Crippen LogP contribution in [0.4, 0.5) is 0 Å². The summed E-state index contributed by atoms with van der Waals surface area (Å²) in [5, 5.41) is 13.7. The van der Waals surface area contributed by atoms with Gasteiger partial charge in [0, 0.05) is 16.7 Å². The molecule has 0 aromatic carbocycles. The van der Waals surface area contributed by atoms with Gasteiger partial charge < -0.3 is 14.6 Å². The Labute approximate surface area is 227 Å². The van der Waals surface area contributed by atoms with E-state index in [1.165, 1.54) is 18.4 Å². The van der Waals surface area contributed by atoms with Crippen molar-refractivity contribution >= 4 is 40.7 Å². The van der Waals surface area contributed by atoms with Crippen molar-refractivity contribution in [3.8, 4) is 0 Å². The maximum atomic E-state index is 13.7. The summed E-state index contributed by atoms with van der Waals surface area (Å²) in [5.74, 6) is -1.81. The third kappa shape index (κ3) is 3.23. The second-order valence-corrected chi connectivity index (χ2v) is 13.5. The Morgan fingerprint density at radius 2 is 1.89 bits per heavy atom. The fraction of sp³-hybridized carbons (Fsp3) is 0.621. The zero-order valence-corrected chi connectivity index (χ0v) is 23.7. The molecule has 6 nitrogen and oxygen atoms in total. The molecule has 0 bridgehead atoms. The summed E-state index contributed by atoms with van der Waals surface area (Å²) in [6.45, 7) is 9.82. The van der Waals surface area contributed by atoms with Crippen LogP contribution in [0.5, 0.6) is 0 Å². The summed E-state index contributed by atoms with van der Waals surface area (Å²) >= 11 is 8.85. The Kier molecular flexibility index (Phi) is 6.13. The minimum Gasteiger partial charge on any atom is -0.466 e. The standard InChI is InChI=1S/C29H35ClO6S/c1-15-8-10-37-23(15)24(33)36-29(25(34)35-6)17(3)12-20-21-11-16(2)19-13-18(31)7-9-26(19,4)28(21,30)22(32)14-27(20,29)5/h7-10,13,16-17,20-22,32H,11-12,14H2,1-6H3/t16-,17+,20?,21?,22-,26-,27-,28-,29-/m0/s1. The highest BCUT2D eigenvalue weighted by molar-refractivity contribution is 7.12. The quantitative estimate of drug-likeness (QED) is 0.411. The van der Waals surface area contributed by atoms with Crippen molar-refractivity contribution in [3.63, 3.8) is 0 Å². The summed E-state index contributed by atoms with van der Waals surface area (Å²) in [7, 11) is 1.31. The van der Waals surface area contributed by atoms with Crippen LogP contribution in [0.1, 0.15) is 62.2 Å². The van der Waals surface area contributed by atoms with Crippen LogP contribution in [0.25, 0.3) is 0 Å². The number of carbonyl (C=O) groups excluding carboxylic acids is 3. The predicted molar refractivity (Wildman–Crippen MR) is 141 cm³/mol. The lowest BCUT2D eigenvalue weighted by molar-refractivity contribution is -0.198. The molecule has 200 valence electrons. The number of alkyl halides is 1. The monoisotopic (exact) mass is 546 g/mol. The number of hydrogen-bond donors (Lipinski definition) is 1. The number of hydrogen-bond acceptors (Lipinski definition) is 7. The van der Waals surface area contributed by atoms with Gasteiger partial charge in [0.25, 0.3) is 0 Å². The maximum Gasteiger partial charge on any atom is 0.351 e. The van der Waals surface area contributed by atoms with Crippen molar-refractivity contribution in [3.05, 3.63) is 45.7 Å². The zero-order chi connectivity index (χ0) is 27.1. The van der Waals surface area contributed by atoms with Crippen molar-refractivity contribution in [2.45, 2.75) is 70.5 Å². The lowest BCUT2D eigenvalue weighted by Gasteiger charge is -2.65. The molecule has 1 aromatic heterocycles. The van der Waals surface area contributed by atoms with Gasteiger partial charge in [0.15, 0.2) is 5.78 Å². The first-order chi connectivity index (χ1) is 17.3. The third-order valence-corrected chi connectivity index (χ3v) is 12.2. The molecule has 4 aliphatic carbocycles. The SMILES string of the molecule is COC(=O)[C@@]1(OC(=O)c2sccc2C)[C@H](C)CC2C3C[C@H](C)C4=CC(=O)C=C[C@]4(C)[C@@]3(Cl)[C@@H](O)C[C@@]21C. The number of fused-ring (bicyclic) bond motifs is 5. The normalized spacial score (nSPS) is 44.4. The second-order valence-electron chi connectivity index (χ2n) is 12.0. The zero-order valence-electron chi connectivity index (χ0n) is 22.2. The number of ketones is 1. The Morgan fingerprint density at radius 3 is 2.51 bits per heavy atom. The third-order valence-electron chi connectivity index (χ3n) is 10.3. The average Bonchev–Trinajstić information content (AvgIpc) is 3.36. The molecular formula is C29H35ClO6S. The molecule has 5 rings (SSSR count). The smallest absolute Gasteiger partial charge is 0.351 e. The van der Waals surface area contributed by atoms with E-state index in [-0.39, 0.29) is 35.9 Å². The molecule has 0 radical (unpaired) electrons. The van der Waals surface area contributed by atoms with Crippen LogP contribution in [-0.2, 0) is 19.1 Å². The Morgan fingerprint density at radius 1 is 1.19 bits per heavy atom. The number of thiophene rings is 1. The molecule has 1 heterocycles. The average molecular weight is 547 g/mol. The van der Waals surface area contributed by atoms with E-state index in [1.54, 1.807) is 12.2 Å². The number of carbonyl (C=O) groups is 3. The van der Waals surface area contributed by atoms with Gasteiger partial charge in [0.2, 0.25) is 5.60 Å². The largest absolute Gasteiger partial charge is 0.466 e. The summed E-state index contributed by atoms with van der Waals surface area (Å²) in [6, 6.07) is 1.85. The highest BCUT2D eigenvalue weighted by atomic mass is 35.5. The van der Waals surface area contributed by atoms with E-state index in [4.69, 9.17) is 21.1 Å². The van der Waals surface area contributed by atoms with Gasteiger partial charge in [0.1, 0.15) is 4.88 Å². The number of aliphatic hydroxyl groups is 1. The summed E-state index contributed by atoms with van der Waals surface area (Å²) in [5.41, 5.74) is -1.47. The van der Waals surface area contributed by atoms with E-state index in [1.807, 2.05) is 45.2 Å². The van der Waals surface area contributed by atoms with Crippen molar-refractivity contribution in [2.24, 2.45) is 34.5 Å². The number of allylic oxidation sites excluding steroid dienone is 4. The highest BCUT2D eigenvalue weighted by Gasteiger charge is 2.77. The van der Waals surface area contributed by atoms with Gasteiger partial charge in [-0.25, -0.2) is 9.59 Å². The molecule has 9 atom stereocenters.